The van der Waals surface area contributed by atoms with Crippen molar-refractivity contribution in [2.75, 3.05) is 23.3 Å². The summed E-state index contributed by atoms with van der Waals surface area (Å²) in [6.07, 6.45) is 2.72. The molecule has 1 fully saturated rings. The van der Waals surface area contributed by atoms with E-state index in [9.17, 15) is 10.1 Å². The van der Waals surface area contributed by atoms with Gasteiger partial charge in [-0.2, -0.15) is 10.2 Å². The first kappa shape index (κ1) is 21.2. The number of nitrogens with zero attached hydrogens (tertiary/aromatic N) is 5. The molecule has 1 aliphatic heterocycles. The van der Waals surface area contributed by atoms with E-state index in [1.165, 1.54) is 17.6 Å². The molecule has 0 radical (unpaired) electrons. The summed E-state index contributed by atoms with van der Waals surface area (Å²) in [7, 11) is 0. The van der Waals surface area contributed by atoms with E-state index in [0.29, 0.717) is 52.7 Å². The van der Waals surface area contributed by atoms with Gasteiger partial charge in [-0.05, 0) is 31.0 Å². The molecular formula is C22H17ClN6O3S. The summed E-state index contributed by atoms with van der Waals surface area (Å²) in [6, 6.07) is 12.9. The molecule has 1 amide bonds. The van der Waals surface area contributed by atoms with Gasteiger partial charge in [-0.15, -0.1) is 10.2 Å². The van der Waals surface area contributed by atoms with Crippen LogP contribution in [0.2, 0.25) is 5.02 Å². The Kier molecular flexibility index (Phi) is 5.81. The van der Waals surface area contributed by atoms with Gasteiger partial charge in [0.15, 0.2) is 10.8 Å². The minimum Gasteiger partial charge on any atom is -0.459 e. The molecule has 0 spiro atoms. The average molecular weight is 481 g/mol. The molecule has 166 valence electrons. The molecule has 3 aromatic heterocycles. The summed E-state index contributed by atoms with van der Waals surface area (Å²) >= 11 is 7.50. The predicted octanol–water partition coefficient (Wildman–Crippen LogP) is 4.83. The van der Waals surface area contributed by atoms with Gasteiger partial charge in [-0.3, -0.25) is 4.79 Å². The van der Waals surface area contributed by atoms with Gasteiger partial charge >= 0.3 is 0 Å². The van der Waals surface area contributed by atoms with Crippen LogP contribution in [0.1, 0.15) is 18.5 Å². The number of furan rings is 1. The number of anilines is 2. The molecule has 1 aromatic carbocycles. The Hall–Kier alpha value is -3.68. The quantitative estimate of drug-likeness (QED) is 0.431. The van der Waals surface area contributed by atoms with E-state index in [0.717, 1.165) is 5.56 Å². The molecule has 1 N–H and O–H groups in total. The standard InChI is InChI=1S/C22H17ClN6O3S/c23-15-5-2-1-4-14(15)20-27-28-22(33-20)26-18(30)13-7-9-29(10-8-13)21-16(12-24)25-19(32-21)17-6-3-11-31-17/h1-6,11,13H,7-10H2,(H,26,28,30). The van der Waals surface area contributed by atoms with E-state index in [2.05, 4.69) is 26.6 Å². The van der Waals surface area contributed by atoms with Crippen molar-refractivity contribution in [3.05, 3.63) is 53.4 Å². The van der Waals surface area contributed by atoms with Crippen molar-refractivity contribution in [1.82, 2.24) is 15.2 Å². The maximum Gasteiger partial charge on any atom is 0.266 e. The van der Waals surface area contributed by atoms with Crippen molar-refractivity contribution in [1.29, 1.82) is 5.26 Å². The number of piperidine rings is 1. The van der Waals surface area contributed by atoms with E-state index in [1.807, 2.05) is 23.1 Å². The highest BCUT2D eigenvalue weighted by Crippen LogP contribution is 2.33. The lowest BCUT2D eigenvalue weighted by atomic mass is 9.96. The number of halogens is 1. The van der Waals surface area contributed by atoms with Crippen LogP contribution >= 0.6 is 22.9 Å². The van der Waals surface area contributed by atoms with Crippen LogP contribution in [-0.2, 0) is 4.79 Å². The van der Waals surface area contributed by atoms with Crippen LogP contribution in [0.5, 0.6) is 0 Å². The fourth-order valence-electron chi connectivity index (χ4n) is 3.67. The van der Waals surface area contributed by atoms with Gasteiger partial charge in [-0.25, -0.2) is 0 Å². The van der Waals surface area contributed by atoms with Gasteiger partial charge in [-0.1, -0.05) is 41.1 Å². The fourth-order valence-corrected chi connectivity index (χ4v) is 4.74. The number of hydrogen-bond acceptors (Lipinski definition) is 9. The molecule has 4 aromatic rings. The zero-order chi connectivity index (χ0) is 22.8. The van der Waals surface area contributed by atoms with E-state index in [4.69, 9.17) is 20.4 Å². The maximum absolute atomic E-state index is 12.8. The molecule has 0 aliphatic carbocycles. The SMILES string of the molecule is N#Cc1nc(-c2ccco2)oc1N1CCC(C(=O)Nc2nnc(-c3ccccc3Cl)s2)CC1. The fraction of sp³-hybridized carbons (Fsp3) is 0.227. The molecule has 9 nitrogen and oxygen atoms in total. The molecule has 0 bridgehead atoms. The van der Waals surface area contributed by atoms with Crippen molar-refractivity contribution >= 4 is 39.9 Å². The first-order valence-electron chi connectivity index (χ1n) is 10.2. The van der Waals surface area contributed by atoms with Crippen molar-refractivity contribution < 1.29 is 13.6 Å². The number of nitriles is 1. The van der Waals surface area contributed by atoms with E-state index in [1.54, 1.807) is 18.2 Å². The number of oxazole rings is 1. The van der Waals surface area contributed by atoms with Crippen LogP contribution in [0, 0.1) is 17.2 Å². The maximum atomic E-state index is 12.8. The Morgan fingerprint density at radius 1 is 1.21 bits per heavy atom. The Morgan fingerprint density at radius 3 is 2.76 bits per heavy atom. The summed E-state index contributed by atoms with van der Waals surface area (Å²) < 4.78 is 11.1. The van der Waals surface area contributed by atoms with Gasteiger partial charge in [0.25, 0.3) is 5.89 Å². The number of hydrogen-bond donors (Lipinski definition) is 1. The van der Waals surface area contributed by atoms with Crippen LogP contribution in [0.4, 0.5) is 11.0 Å². The number of benzene rings is 1. The molecule has 11 heteroatoms. The largest absolute Gasteiger partial charge is 0.459 e. The third kappa shape index (κ3) is 4.33. The van der Waals surface area contributed by atoms with Crippen molar-refractivity contribution in [3.63, 3.8) is 0 Å². The number of carbonyl (C=O) groups is 1. The Bertz CT molecular complexity index is 1320. The predicted molar refractivity (Wildman–Crippen MR) is 123 cm³/mol. The van der Waals surface area contributed by atoms with Crippen LogP contribution in [0.25, 0.3) is 22.2 Å². The third-order valence-corrected chi connectivity index (χ3v) is 6.56. The molecule has 0 atom stereocenters. The molecule has 1 aliphatic rings. The van der Waals surface area contributed by atoms with E-state index in [-0.39, 0.29) is 23.4 Å². The Morgan fingerprint density at radius 2 is 2.03 bits per heavy atom. The summed E-state index contributed by atoms with van der Waals surface area (Å²) in [4.78, 5) is 18.9. The molecule has 5 rings (SSSR count). The van der Waals surface area contributed by atoms with Crippen molar-refractivity contribution in [3.8, 4) is 28.3 Å². The first-order valence-corrected chi connectivity index (χ1v) is 11.4. The highest BCUT2D eigenvalue weighted by atomic mass is 35.5. The Labute approximate surface area is 197 Å². The third-order valence-electron chi connectivity index (χ3n) is 5.36. The lowest BCUT2D eigenvalue weighted by Gasteiger charge is -2.30. The smallest absolute Gasteiger partial charge is 0.266 e. The number of amides is 1. The zero-order valence-electron chi connectivity index (χ0n) is 17.2. The summed E-state index contributed by atoms with van der Waals surface area (Å²) in [5.41, 5.74) is 0.977. The van der Waals surface area contributed by atoms with Gasteiger partial charge in [0.1, 0.15) is 6.07 Å². The molecule has 0 unspecified atom stereocenters. The van der Waals surface area contributed by atoms with Crippen LogP contribution < -0.4 is 10.2 Å². The molecular weight excluding hydrogens is 464 g/mol. The minimum atomic E-state index is -0.188. The number of carbonyl (C=O) groups excluding carboxylic acids is 1. The van der Waals surface area contributed by atoms with Gasteiger partial charge < -0.3 is 19.1 Å². The second-order valence-corrected chi connectivity index (χ2v) is 8.79. The van der Waals surface area contributed by atoms with Gasteiger partial charge in [0.05, 0.1) is 11.3 Å². The topological polar surface area (TPSA) is 121 Å². The first-order chi connectivity index (χ1) is 16.1. The molecule has 1 saturated heterocycles. The average Bonchev–Trinajstić information content (AvgIpc) is 3.60. The van der Waals surface area contributed by atoms with Crippen molar-refractivity contribution in [2.24, 2.45) is 5.92 Å². The number of aromatic nitrogens is 3. The zero-order valence-corrected chi connectivity index (χ0v) is 18.8. The Balaban J connectivity index is 1.22. The van der Waals surface area contributed by atoms with Gasteiger partial charge in [0, 0.05) is 24.6 Å². The van der Waals surface area contributed by atoms with E-state index >= 15 is 0 Å². The lowest BCUT2D eigenvalue weighted by Crippen LogP contribution is -2.38. The van der Waals surface area contributed by atoms with Crippen LogP contribution in [0.3, 0.4) is 0 Å². The highest BCUT2D eigenvalue weighted by molar-refractivity contribution is 7.18. The second kappa shape index (κ2) is 9.05. The van der Waals surface area contributed by atoms with E-state index < -0.39 is 0 Å². The number of rotatable bonds is 5. The van der Waals surface area contributed by atoms with Crippen LogP contribution in [0.15, 0.2) is 51.5 Å². The summed E-state index contributed by atoms with van der Waals surface area (Å²) in [6.45, 7) is 1.11. The minimum absolute atomic E-state index is 0.106. The van der Waals surface area contributed by atoms with Crippen LogP contribution in [-0.4, -0.2) is 34.2 Å². The monoisotopic (exact) mass is 480 g/mol. The second-order valence-electron chi connectivity index (χ2n) is 7.40. The summed E-state index contributed by atoms with van der Waals surface area (Å²) in [5, 5.41) is 22.2. The highest BCUT2D eigenvalue weighted by Gasteiger charge is 2.30. The molecule has 33 heavy (non-hydrogen) atoms. The molecule has 0 saturated carbocycles. The summed E-state index contributed by atoms with van der Waals surface area (Å²) in [5.74, 6) is 0.825. The normalized spacial score (nSPS) is 14.2. The number of nitrogens with one attached hydrogen (secondary N) is 1. The van der Waals surface area contributed by atoms with Crippen molar-refractivity contribution in [2.45, 2.75) is 12.8 Å². The lowest BCUT2D eigenvalue weighted by molar-refractivity contribution is -0.120. The van der Waals surface area contributed by atoms with Gasteiger partial charge in [0.2, 0.25) is 22.6 Å². The molecule has 4 heterocycles.